The first-order valence-electron chi connectivity index (χ1n) is 8.46. The average molecular weight is 370 g/mol. The summed E-state index contributed by atoms with van der Waals surface area (Å²) in [4.78, 5) is 26.7. The first kappa shape index (κ1) is 21.3. The summed E-state index contributed by atoms with van der Waals surface area (Å²) >= 11 is 0. The van der Waals surface area contributed by atoms with Gasteiger partial charge in [-0.1, -0.05) is 6.07 Å². The highest BCUT2D eigenvalue weighted by Gasteiger charge is 2.33. The minimum absolute atomic E-state index is 0. The quantitative estimate of drug-likeness (QED) is 0.724. The molecule has 2 rings (SSSR count). The van der Waals surface area contributed by atoms with Crippen LogP contribution in [0.2, 0.25) is 0 Å². The summed E-state index contributed by atoms with van der Waals surface area (Å²) in [5.74, 6) is 0.538. The molecule has 0 bridgehead atoms. The predicted octanol–water partition coefficient (Wildman–Crippen LogP) is 2.35. The number of rotatable bonds is 7. The van der Waals surface area contributed by atoms with Crippen LogP contribution >= 0.6 is 12.4 Å². The van der Waals surface area contributed by atoms with Gasteiger partial charge in [-0.25, -0.2) is 0 Å². The Morgan fingerprint density at radius 2 is 2.12 bits per heavy atom. The lowest BCUT2D eigenvalue weighted by atomic mass is 10.1. The van der Waals surface area contributed by atoms with Crippen LogP contribution in [0, 0.1) is 6.92 Å². The third kappa shape index (κ3) is 5.61. The van der Waals surface area contributed by atoms with Crippen molar-refractivity contribution in [3.8, 4) is 5.75 Å². The van der Waals surface area contributed by atoms with Gasteiger partial charge in [-0.15, -0.1) is 12.4 Å². The maximum absolute atomic E-state index is 12.7. The van der Waals surface area contributed by atoms with Gasteiger partial charge < -0.3 is 20.3 Å². The molecule has 1 aromatic rings. The Hall–Kier alpha value is -1.79. The van der Waals surface area contributed by atoms with Crippen molar-refractivity contribution >= 4 is 29.9 Å². The number of carbonyl (C=O) groups excluding carboxylic acids is 2. The summed E-state index contributed by atoms with van der Waals surface area (Å²) in [6.45, 7) is 3.42. The van der Waals surface area contributed by atoms with E-state index in [0.29, 0.717) is 30.8 Å². The molecule has 1 aliphatic rings. The van der Waals surface area contributed by atoms with Crippen LogP contribution in [0.25, 0.3) is 0 Å². The second-order valence-corrected chi connectivity index (χ2v) is 6.15. The van der Waals surface area contributed by atoms with Crippen LogP contribution in [0.4, 0.5) is 5.69 Å². The van der Waals surface area contributed by atoms with Crippen LogP contribution in [0.5, 0.6) is 5.75 Å². The SMILES string of the molecule is CNCCCC(=O)N1CCCC1C(=O)Nc1cc(C)ccc1OC.Cl. The summed E-state index contributed by atoms with van der Waals surface area (Å²) in [5.41, 5.74) is 1.69. The van der Waals surface area contributed by atoms with Crippen molar-refractivity contribution in [3.05, 3.63) is 23.8 Å². The summed E-state index contributed by atoms with van der Waals surface area (Å²) in [6, 6.07) is 5.25. The molecule has 6 nitrogen and oxygen atoms in total. The highest BCUT2D eigenvalue weighted by atomic mass is 35.5. The number of halogens is 1. The molecule has 1 aliphatic heterocycles. The molecule has 0 spiro atoms. The van der Waals surface area contributed by atoms with E-state index in [2.05, 4.69) is 10.6 Å². The van der Waals surface area contributed by atoms with Crippen LogP contribution < -0.4 is 15.4 Å². The highest BCUT2D eigenvalue weighted by molar-refractivity contribution is 5.98. The Balaban J connectivity index is 0.00000312. The van der Waals surface area contributed by atoms with E-state index in [1.807, 2.05) is 32.2 Å². The van der Waals surface area contributed by atoms with Gasteiger partial charge in [-0.05, 0) is 57.5 Å². The fourth-order valence-corrected chi connectivity index (χ4v) is 3.03. The van der Waals surface area contributed by atoms with Crippen molar-refractivity contribution in [3.63, 3.8) is 0 Å². The van der Waals surface area contributed by atoms with Crippen LogP contribution in [0.3, 0.4) is 0 Å². The van der Waals surface area contributed by atoms with E-state index in [9.17, 15) is 9.59 Å². The summed E-state index contributed by atoms with van der Waals surface area (Å²) < 4.78 is 5.30. The van der Waals surface area contributed by atoms with Crippen LogP contribution in [-0.2, 0) is 9.59 Å². The fourth-order valence-electron chi connectivity index (χ4n) is 3.03. The van der Waals surface area contributed by atoms with Gasteiger partial charge in [0.25, 0.3) is 0 Å². The second kappa shape index (κ2) is 10.3. The zero-order valence-corrected chi connectivity index (χ0v) is 15.9. The number of amides is 2. The highest BCUT2D eigenvalue weighted by Crippen LogP contribution is 2.27. The molecule has 1 saturated heterocycles. The number of benzene rings is 1. The first-order chi connectivity index (χ1) is 11.6. The molecule has 25 heavy (non-hydrogen) atoms. The second-order valence-electron chi connectivity index (χ2n) is 6.15. The van der Waals surface area contributed by atoms with E-state index < -0.39 is 6.04 Å². The van der Waals surface area contributed by atoms with E-state index in [0.717, 1.165) is 24.9 Å². The number of aryl methyl sites for hydroxylation is 1. The normalized spacial score (nSPS) is 16.3. The lowest BCUT2D eigenvalue weighted by molar-refractivity contribution is -0.136. The lowest BCUT2D eigenvalue weighted by Gasteiger charge is -2.24. The Morgan fingerprint density at radius 1 is 1.36 bits per heavy atom. The van der Waals surface area contributed by atoms with Crippen molar-refractivity contribution < 1.29 is 14.3 Å². The fraction of sp³-hybridized carbons (Fsp3) is 0.556. The Kier molecular flexibility index (Phi) is 8.72. The van der Waals surface area contributed by atoms with E-state index in [1.54, 1.807) is 12.0 Å². The third-order valence-corrected chi connectivity index (χ3v) is 4.31. The summed E-state index contributed by atoms with van der Waals surface area (Å²) in [7, 11) is 3.44. The molecule has 0 aliphatic carbocycles. The van der Waals surface area contributed by atoms with Gasteiger partial charge in [-0.2, -0.15) is 0 Å². The number of nitrogens with one attached hydrogen (secondary N) is 2. The number of methoxy groups -OCH3 is 1. The van der Waals surface area contributed by atoms with Crippen molar-refractivity contribution in [2.75, 3.05) is 32.6 Å². The van der Waals surface area contributed by atoms with Crippen molar-refractivity contribution in [1.29, 1.82) is 0 Å². The molecule has 140 valence electrons. The number of nitrogens with zero attached hydrogens (tertiary/aromatic N) is 1. The number of anilines is 1. The Morgan fingerprint density at radius 3 is 2.80 bits per heavy atom. The average Bonchev–Trinajstić information content (AvgIpc) is 3.05. The van der Waals surface area contributed by atoms with Gasteiger partial charge in [0.1, 0.15) is 11.8 Å². The van der Waals surface area contributed by atoms with E-state index >= 15 is 0 Å². The molecule has 0 radical (unpaired) electrons. The first-order valence-corrected chi connectivity index (χ1v) is 8.46. The molecule has 1 atom stereocenters. The molecule has 2 N–H and O–H groups in total. The van der Waals surface area contributed by atoms with Crippen molar-refractivity contribution in [1.82, 2.24) is 10.2 Å². The molecule has 1 unspecified atom stereocenters. The van der Waals surface area contributed by atoms with Gasteiger partial charge in [-0.3, -0.25) is 9.59 Å². The van der Waals surface area contributed by atoms with Crippen LogP contribution in [0.15, 0.2) is 18.2 Å². The number of ether oxygens (including phenoxy) is 1. The molecule has 7 heteroatoms. The van der Waals surface area contributed by atoms with Gasteiger partial charge in [0.15, 0.2) is 0 Å². The summed E-state index contributed by atoms with van der Waals surface area (Å²) in [6.07, 6.45) is 2.82. The predicted molar refractivity (Wildman–Crippen MR) is 102 cm³/mol. The molecule has 0 saturated carbocycles. The van der Waals surface area contributed by atoms with E-state index in [-0.39, 0.29) is 24.2 Å². The zero-order chi connectivity index (χ0) is 17.5. The third-order valence-electron chi connectivity index (χ3n) is 4.31. The number of likely N-dealkylation sites (tertiary alicyclic amines) is 1. The molecule has 0 aromatic heterocycles. The number of carbonyl (C=O) groups is 2. The maximum atomic E-state index is 12.7. The summed E-state index contributed by atoms with van der Waals surface area (Å²) in [5, 5.41) is 5.96. The number of hydrogen-bond donors (Lipinski definition) is 2. The minimum atomic E-state index is -0.391. The molecule has 1 aromatic carbocycles. The Bertz CT molecular complexity index is 595. The molecule has 1 heterocycles. The minimum Gasteiger partial charge on any atom is -0.495 e. The van der Waals surface area contributed by atoms with Gasteiger partial charge in [0.05, 0.1) is 12.8 Å². The van der Waals surface area contributed by atoms with Gasteiger partial charge in [0, 0.05) is 13.0 Å². The molecular weight excluding hydrogens is 342 g/mol. The standard InChI is InChI=1S/C18H27N3O3.ClH/c1-13-8-9-16(24-3)14(12-13)20-18(23)15-6-5-11-21(15)17(22)7-4-10-19-2;/h8-9,12,15,19H,4-7,10-11H2,1-3H3,(H,20,23);1H. The van der Waals surface area contributed by atoms with E-state index in [4.69, 9.17) is 4.74 Å². The van der Waals surface area contributed by atoms with Crippen LogP contribution in [-0.4, -0.2) is 50.0 Å². The van der Waals surface area contributed by atoms with Gasteiger partial charge >= 0.3 is 0 Å². The zero-order valence-electron chi connectivity index (χ0n) is 15.1. The topological polar surface area (TPSA) is 70.7 Å². The molecule has 1 fully saturated rings. The monoisotopic (exact) mass is 369 g/mol. The maximum Gasteiger partial charge on any atom is 0.247 e. The van der Waals surface area contributed by atoms with Crippen LogP contribution in [0.1, 0.15) is 31.2 Å². The smallest absolute Gasteiger partial charge is 0.247 e. The molecule has 2 amide bonds. The molecular formula is C18H28ClN3O3. The Labute approximate surface area is 155 Å². The van der Waals surface area contributed by atoms with E-state index in [1.165, 1.54) is 0 Å². The van der Waals surface area contributed by atoms with Gasteiger partial charge in [0.2, 0.25) is 11.8 Å². The lowest BCUT2D eigenvalue weighted by Crippen LogP contribution is -2.43. The number of hydrogen-bond acceptors (Lipinski definition) is 4. The largest absolute Gasteiger partial charge is 0.495 e. The van der Waals surface area contributed by atoms with Crippen molar-refractivity contribution in [2.24, 2.45) is 0 Å². The van der Waals surface area contributed by atoms with Crippen molar-refractivity contribution in [2.45, 2.75) is 38.6 Å².